The molecule has 0 N–H and O–H groups in total. The van der Waals surface area contributed by atoms with E-state index in [9.17, 15) is 4.79 Å². The zero-order chi connectivity index (χ0) is 17.9. The fourth-order valence-electron chi connectivity index (χ4n) is 4.80. The number of carbonyl (C=O) groups is 1. The molecule has 2 bridgehead atoms. The minimum absolute atomic E-state index is 0.295. The van der Waals surface area contributed by atoms with Crippen molar-refractivity contribution in [3.05, 3.63) is 30.1 Å². The first-order chi connectivity index (χ1) is 12.7. The van der Waals surface area contributed by atoms with Crippen molar-refractivity contribution in [3.8, 4) is 0 Å². The molecule has 2 atom stereocenters. The van der Waals surface area contributed by atoms with E-state index in [1.165, 1.54) is 50.8 Å². The number of carbonyl (C=O) groups excluding carboxylic acids is 1. The lowest BCUT2D eigenvalue weighted by atomic mass is 9.83. The average molecular weight is 357 g/mol. The van der Waals surface area contributed by atoms with Crippen molar-refractivity contribution in [1.82, 2.24) is 19.7 Å². The van der Waals surface area contributed by atoms with E-state index in [0.29, 0.717) is 24.4 Å². The first kappa shape index (κ1) is 17.9. The molecule has 1 aliphatic carbocycles. The Bertz CT molecular complexity index is 603. The van der Waals surface area contributed by atoms with Gasteiger partial charge in [0.1, 0.15) is 0 Å². The van der Waals surface area contributed by atoms with E-state index in [1.54, 1.807) is 0 Å². The highest BCUT2D eigenvalue weighted by Gasteiger charge is 2.37. The fraction of sp³-hybridized carbons (Fsp3) is 0.714. The second-order valence-corrected chi connectivity index (χ2v) is 8.67. The van der Waals surface area contributed by atoms with Gasteiger partial charge in [-0.1, -0.05) is 6.42 Å². The van der Waals surface area contributed by atoms with Crippen molar-refractivity contribution >= 4 is 5.91 Å². The fourth-order valence-corrected chi connectivity index (χ4v) is 4.80. The Morgan fingerprint density at radius 3 is 2.69 bits per heavy atom. The summed E-state index contributed by atoms with van der Waals surface area (Å²) in [6.45, 7) is 5.67. The van der Waals surface area contributed by atoms with Crippen LogP contribution in [-0.4, -0.2) is 71.4 Å². The van der Waals surface area contributed by atoms with Crippen LogP contribution >= 0.6 is 0 Å². The largest absolute Gasteiger partial charge is 0.340 e. The van der Waals surface area contributed by atoms with Crippen molar-refractivity contribution in [2.24, 2.45) is 11.8 Å². The highest BCUT2D eigenvalue weighted by atomic mass is 16.2. The lowest BCUT2D eigenvalue weighted by molar-refractivity contribution is -0.132. The standard InChI is InChI=1S/C21H32N4O/c1-23(11-18-7-9-22-10-8-18)16-21(26)25-14-19-5-6-20(15-25)24(13-19)12-17-3-2-4-17/h7-10,17,19-20H,2-6,11-16H2,1H3/t19-,20-/m1/s1. The number of hydrogen-bond acceptors (Lipinski definition) is 4. The molecule has 1 aromatic rings. The molecule has 4 fully saturated rings. The maximum absolute atomic E-state index is 12.9. The van der Waals surface area contributed by atoms with Gasteiger partial charge >= 0.3 is 0 Å². The van der Waals surface area contributed by atoms with Crippen molar-refractivity contribution in [2.45, 2.75) is 44.7 Å². The van der Waals surface area contributed by atoms with Gasteiger partial charge < -0.3 is 4.90 Å². The third kappa shape index (κ3) is 4.26. The molecule has 0 unspecified atom stereocenters. The quantitative estimate of drug-likeness (QED) is 0.784. The number of fused-ring (bicyclic) bond motifs is 4. The molecule has 1 aromatic heterocycles. The number of aromatic nitrogens is 1. The first-order valence-electron chi connectivity index (χ1n) is 10.3. The van der Waals surface area contributed by atoms with Crippen molar-refractivity contribution in [1.29, 1.82) is 0 Å². The van der Waals surface area contributed by atoms with Crippen LogP contribution in [0.25, 0.3) is 0 Å². The second kappa shape index (κ2) is 8.05. The van der Waals surface area contributed by atoms with Gasteiger partial charge in [-0.15, -0.1) is 0 Å². The zero-order valence-electron chi connectivity index (χ0n) is 16.0. The molecule has 0 radical (unpaired) electrons. The van der Waals surface area contributed by atoms with Gasteiger partial charge in [-0.3, -0.25) is 19.6 Å². The van der Waals surface area contributed by atoms with Gasteiger partial charge in [-0.25, -0.2) is 0 Å². The van der Waals surface area contributed by atoms with Crippen molar-refractivity contribution < 1.29 is 4.79 Å². The molecule has 4 heterocycles. The Morgan fingerprint density at radius 2 is 1.96 bits per heavy atom. The number of piperidine rings is 1. The average Bonchev–Trinajstić information content (AvgIpc) is 2.91. The summed E-state index contributed by atoms with van der Waals surface area (Å²) in [6.07, 6.45) is 10.4. The molecule has 26 heavy (non-hydrogen) atoms. The van der Waals surface area contributed by atoms with Crippen LogP contribution in [0, 0.1) is 11.8 Å². The van der Waals surface area contributed by atoms with E-state index in [4.69, 9.17) is 0 Å². The normalized spacial score (nSPS) is 26.8. The summed E-state index contributed by atoms with van der Waals surface area (Å²) in [5.74, 6) is 1.89. The molecular formula is C21H32N4O. The topological polar surface area (TPSA) is 39.7 Å². The van der Waals surface area contributed by atoms with E-state index in [1.807, 2.05) is 31.6 Å². The molecular weight excluding hydrogens is 324 g/mol. The number of amides is 1. The highest BCUT2D eigenvalue weighted by Crippen LogP contribution is 2.33. The number of rotatable bonds is 6. The molecule has 1 amide bonds. The molecule has 3 aliphatic heterocycles. The number of hydrogen-bond donors (Lipinski definition) is 0. The molecule has 4 aliphatic rings. The van der Waals surface area contributed by atoms with Crippen molar-refractivity contribution in [2.75, 3.05) is 39.8 Å². The Labute approximate surface area is 157 Å². The summed E-state index contributed by atoms with van der Waals surface area (Å²) in [5.41, 5.74) is 1.21. The molecule has 5 nitrogen and oxygen atoms in total. The molecule has 0 spiro atoms. The maximum Gasteiger partial charge on any atom is 0.236 e. The summed E-state index contributed by atoms with van der Waals surface area (Å²) in [5, 5.41) is 0. The Hall–Kier alpha value is -1.46. The van der Waals surface area contributed by atoms with E-state index >= 15 is 0 Å². The van der Waals surface area contributed by atoms with Crippen LogP contribution in [0.4, 0.5) is 0 Å². The second-order valence-electron chi connectivity index (χ2n) is 8.67. The van der Waals surface area contributed by atoms with Crippen LogP contribution in [0.2, 0.25) is 0 Å². The third-order valence-corrected chi connectivity index (χ3v) is 6.50. The molecule has 5 heteroatoms. The number of likely N-dealkylation sites (N-methyl/N-ethyl adjacent to an activating group) is 1. The Kier molecular flexibility index (Phi) is 5.55. The van der Waals surface area contributed by atoms with Gasteiger partial charge in [0.05, 0.1) is 6.54 Å². The van der Waals surface area contributed by atoms with Gasteiger partial charge in [0.2, 0.25) is 5.91 Å². The van der Waals surface area contributed by atoms with Gasteiger partial charge in [0, 0.05) is 51.2 Å². The predicted octanol–water partition coefficient (Wildman–Crippen LogP) is 2.24. The minimum atomic E-state index is 0.295. The van der Waals surface area contributed by atoms with Crippen LogP contribution in [-0.2, 0) is 11.3 Å². The summed E-state index contributed by atoms with van der Waals surface area (Å²) >= 11 is 0. The summed E-state index contributed by atoms with van der Waals surface area (Å²) < 4.78 is 0. The van der Waals surface area contributed by atoms with E-state index in [0.717, 1.165) is 25.6 Å². The molecule has 0 aromatic carbocycles. The SMILES string of the molecule is CN(CC(=O)N1C[C@@H]2CC[C@H](C1)N(CC1CCC1)C2)Cc1ccncc1. The van der Waals surface area contributed by atoms with Crippen LogP contribution in [0.5, 0.6) is 0 Å². The van der Waals surface area contributed by atoms with Crippen LogP contribution in [0.15, 0.2) is 24.5 Å². The van der Waals surface area contributed by atoms with Crippen molar-refractivity contribution in [3.63, 3.8) is 0 Å². The van der Waals surface area contributed by atoms with Gasteiger partial charge in [0.25, 0.3) is 0 Å². The summed E-state index contributed by atoms with van der Waals surface area (Å²) in [7, 11) is 2.04. The molecule has 3 saturated heterocycles. The Morgan fingerprint density at radius 1 is 1.15 bits per heavy atom. The van der Waals surface area contributed by atoms with E-state index in [-0.39, 0.29) is 0 Å². The van der Waals surface area contributed by atoms with Gasteiger partial charge in [0.15, 0.2) is 0 Å². The summed E-state index contributed by atoms with van der Waals surface area (Å²) in [4.78, 5) is 24.0. The number of pyridine rings is 1. The first-order valence-corrected chi connectivity index (χ1v) is 10.3. The van der Waals surface area contributed by atoms with Crippen LogP contribution in [0.1, 0.15) is 37.7 Å². The molecule has 5 rings (SSSR count). The smallest absolute Gasteiger partial charge is 0.236 e. The van der Waals surface area contributed by atoms with Crippen LogP contribution in [0.3, 0.4) is 0 Å². The maximum atomic E-state index is 12.9. The van der Waals surface area contributed by atoms with E-state index in [2.05, 4.69) is 19.7 Å². The molecule has 1 saturated carbocycles. The minimum Gasteiger partial charge on any atom is -0.340 e. The van der Waals surface area contributed by atoms with Gasteiger partial charge in [-0.05, 0) is 62.3 Å². The van der Waals surface area contributed by atoms with E-state index < -0.39 is 0 Å². The molecule has 142 valence electrons. The zero-order valence-corrected chi connectivity index (χ0v) is 16.0. The lowest BCUT2D eigenvalue weighted by Gasteiger charge is -2.40. The van der Waals surface area contributed by atoms with Crippen LogP contribution < -0.4 is 0 Å². The van der Waals surface area contributed by atoms with Gasteiger partial charge in [-0.2, -0.15) is 0 Å². The highest BCUT2D eigenvalue weighted by molar-refractivity contribution is 5.78. The number of nitrogens with zero attached hydrogens (tertiary/aromatic N) is 4. The Balaban J connectivity index is 1.31. The lowest BCUT2D eigenvalue weighted by Crippen LogP contribution is -2.47. The monoisotopic (exact) mass is 356 g/mol. The summed E-state index contributed by atoms with van der Waals surface area (Å²) in [6, 6.07) is 4.63. The predicted molar refractivity (Wildman–Crippen MR) is 103 cm³/mol. The third-order valence-electron chi connectivity index (χ3n) is 6.50.